The first-order valence-electron chi connectivity index (χ1n) is 5.05. The van der Waals surface area contributed by atoms with Crippen LogP contribution in [0.3, 0.4) is 0 Å². The van der Waals surface area contributed by atoms with Crippen molar-refractivity contribution in [1.82, 2.24) is 0 Å². The Morgan fingerprint density at radius 3 is 1.64 bits per heavy atom. The van der Waals surface area contributed by atoms with Gasteiger partial charge in [0.1, 0.15) is 0 Å². The van der Waals surface area contributed by atoms with Crippen LogP contribution in [0, 0.1) is 0 Å². The van der Waals surface area contributed by atoms with E-state index in [1.807, 2.05) is 34.6 Å². The normalized spacial score (nSPS) is 14.6. The van der Waals surface area contributed by atoms with E-state index in [1.54, 1.807) is 0 Å². The largest absolute Gasteiger partial charge is 0.373 e. The zero-order valence-corrected chi connectivity index (χ0v) is 10.4. The van der Waals surface area contributed by atoms with Crippen LogP contribution in [0.15, 0.2) is 0 Å². The van der Waals surface area contributed by atoms with Gasteiger partial charge in [-0.15, -0.1) is 0 Å². The van der Waals surface area contributed by atoms with Gasteiger partial charge >= 0.3 is 0 Å². The topological polar surface area (TPSA) is 18.5 Å². The molecule has 14 heavy (non-hydrogen) atoms. The Hall–Kier alpha value is -0.150. The summed E-state index contributed by atoms with van der Waals surface area (Å²) in [6.07, 6.45) is 0. The van der Waals surface area contributed by atoms with Crippen molar-refractivity contribution in [1.29, 1.82) is 0 Å². The summed E-state index contributed by atoms with van der Waals surface area (Å²) in [4.78, 5) is 0. The molecule has 0 heterocycles. The standard InChI is InChI=1S/C11H23FO2/c1-8-13-9(2,3)10(4,5)14-11(6,7)12/h8H2,1-7H3. The van der Waals surface area contributed by atoms with E-state index in [0.29, 0.717) is 6.61 Å². The molecule has 0 aliphatic rings. The zero-order valence-electron chi connectivity index (χ0n) is 10.4. The van der Waals surface area contributed by atoms with E-state index >= 15 is 0 Å². The van der Waals surface area contributed by atoms with Crippen molar-refractivity contribution < 1.29 is 13.9 Å². The van der Waals surface area contributed by atoms with Gasteiger partial charge in [-0.25, -0.2) is 4.39 Å². The van der Waals surface area contributed by atoms with E-state index in [1.165, 1.54) is 13.8 Å². The van der Waals surface area contributed by atoms with Gasteiger partial charge in [-0.1, -0.05) is 0 Å². The molecule has 0 amide bonds. The third-order valence-corrected chi connectivity index (χ3v) is 2.45. The maximum absolute atomic E-state index is 13.4. The van der Waals surface area contributed by atoms with Gasteiger partial charge in [0.15, 0.2) is 0 Å². The fourth-order valence-corrected chi connectivity index (χ4v) is 1.26. The van der Waals surface area contributed by atoms with Crippen LogP contribution in [-0.2, 0) is 9.47 Å². The Labute approximate surface area is 86.8 Å². The Morgan fingerprint density at radius 1 is 0.929 bits per heavy atom. The Balaban J connectivity index is 4.59. The first-order valence-corrected chi connectivity index (χ1v) is 5.05. The fraction of sp³-hybridized carbons (Fsp3) is 1.00. The maximum Gasteiger partial charge on any atom is 0.204 e. The molecule has 0 N–H and O–H groups in total. The van der Waals surface area contributed by atoms with Crippen LogP contribution < -0.4 is 0 Å². The molecule has 0 saturated carbocycles. The van der Waals surface area contributed by atoms with Crippen molar-refractivity contribution in [2.24, 2.45) is 0 Å². The van der Waals surface area contributed by atoms with Crippen LogP contribution in [-0.4, -0.2) is 23.7 Å². The van der Waals surface area contributed by atoms with Crippen molar-refractivity contribution in [3.63, 3.8) is 0 Å². The van der Waals surface area contributed by atoms with Gasteiger partial charge in [-0.3, -0.25) is 0 Å². The smallest absolute Gasteiger partial charge is 0.204 e. The maximum atomic E-state index is 13.4. The Kier molecular flexibility index (Phi) is 4.11. The van der Waals surface area contributed by atoms with Crippen molar-refractivity contribution >= 4 is 0 Å². The zero-order chi connectivity index (χ0) is 11.6. The van der Waals surface area contributed by atoms with Crippen LogP contribution in [0.1, 0.15) is 48.5 Å². The number of ether oxygens (including phenoxy) is 2. The number of halogens is 1. The van der Waals surface area contributed by atoms with E-state index in [2.05, 4.69) is 0 Å². The van der Waals surface area contributed by atoms with E-state index in [0.717, 1.165) is 0 Å². The molecule has 0 atom stereocenters. The second-order valence-corrected chi connectivity index (χ2v) is 4.92. The number of hydrogen-bond acceptors (Lipinski definition) is 2. The molecule has 0 aromatic heterocycles. The molecule has 0 aromatic carbocycles. The average Bonchev–Trinajstić information content (AvgIpc) is 1.79. The Bertz CT molecular complexity index is 180. The lowest BCUT2D eigenvalue weighted by Gasteiger charge is -2.43. The minimum atomic E-state index is -1.64. The molecule has 0 saturated heterocycles. The van der Waals surface area contributed by atoms with Gasteiger partial charge in [0.25, 0.3) is 0 Å². The summed E-state index contributed by atoms with van der Waals surface area (Å²) in [5.41, 5.74) is -1.17. The van der Waals surface area contributed by atoms with E-state index < -0.39 is 17.1 Å². The summed E-state index contributed by atoms with van der Waals surface area (Å²) in [5.74, 6) is -1.64. The monoisotopic (exact) mass is 206 g/mol. The summed E-state index contributed by atoms with van der Waals surface area (Å²) < 4.78 is 24.3. The average molecular weight is 206 g/mol. The lowest BCUT2D eigenvalue weighted by atomic mass is 9.88. The molecule has 0 rings (SSSR count). The SMILES string of the molecule is CCOC(C)(C)C(C)(C)OC(C)(C)F. The molecular weight excluding hydrogens is 183 g/mol. The molecule has 0 radical (unpaired) electrons. The lowest BCUT2D eigenvalue weighted by molar-refractivity contribution is -0.256. The molecule has 3 heteroatoms. The fourth-order valence-electron chi connectivity index (χ4n) is 1.26. The number of hydrogen-bond donors (Lipinski definition) is 0. The second-order valence-electron chi connectivity index (χ2n) is 4.92. The molecule has 0 spiro atoms. The highest BCUT2D eigenvalue weighted by Gasteiger charge is 2.42. The summed E-state index contributed by atoms with van der Waals surface area (Å²) in [5, 5.41) is 0. The van der Waals surface area contributed by atoms with Crippen LogP contribution >= 0.6 is 0 Å². The van der Waals surface area contributed by atoms with Crippen molar-refractivity contribution in [2.75, 3.05) is 6.61 Å². The summed E-state index contributed by atoms with van der Waals surface area (Å²) >= 11 is 0. The third kappa shape index (κ3) is 3.93. The third-order valence-electron chi connectivity index (χ3n) is 2.45. The Morgan fingerprint density at radius 2 is 1.36 bits per heavy atom. The number of rotatable bonds is 5. The first kappa shape index (κ1) is 13.8. The van der Waals surface area contributed by atoms with E-state index in [-0.39, 0.29) is 0 Å². The van der Waals surface area contributed by atoms with Gasteiger partial charge < -0.3 is 9.47 Å². The van der Waals surface area contributed by atoms with Gasteiger partial charge in [0.2, 0.25) is 5.85 Å². The minimum absolute atomic E-state index is 0.509. The van der Waals surface area contributed by atoms with Crippen LogP contribution in [0.25, 0.3) is 0 Å². The predicted molar refractivity (Wildman–Crippen MR) is 56.1 cm³/mol. The highest BCUT2D eigenvalue weighted by atomic mass is 19.2. The molecule has 0 fully saturated rings. The summed E-state index contributed by atoms with van der Waals surface area (Å²) in [6, 6.07) is 0. The summed E-state index contributed by atoms with van der Waals surface area (Å²) in [7, 11) is 0. The minimum Gasteiger partial charge on any atom is -0.373 e. The van der Waals surface area contributed by atoms with Crippen molar-refractivity contribution in [3.05, 3.63) is 0 Å². The first-order chi connectivity index (χ1) is 6.02. The predicted octanol–water partition coefficient (Wildman–Crippen LogP) is 3.30. The molecule has 86 valence electrons. The summed E-state index contributed by atoms with van der Waals surface area (Å²) in [6.45, 7) is 12.8. The molecule has 0 aromatic rings. The van der Waals surface area contributed by atoms with Crippen molar-refractivity contribution in [2.45, 2.75) is 65.5 Å². The van der Waals surface area contributed by atoms with Crippen LogP contribution in [0.5, 0.6) is 0 Å². The quantitative estimate of drug-likeness (QED) is 0.687. The van der Waals surface area contributed by atoms with Gasteiger partial charge in [0, 0.05) is 6.61 Å². The highest BCUT2D eigenvalue weighted by molar-refractivity contribution is 4.90. The molecule has 0 unspecified atom stereocenters. The van der Waals surface area contributed by atoms with Crippen LogP contribution in [0.2, 0.25) is 0 Å². The van der Waals surface area contributed by atoms with Gasteiger partial charge in [-0.05, 0) is 48.5 Å². The van der Waals surface area contributed by atoms with E-state index in [4.69, 9.17) is 9.47 Å². The van der Waals surface area contributed by atoms with E-state index in [9.17, 15) is 4.39 Å². The molecule has 2 nitrogen and oxygen atoms in total. The highest BCUT2D eigenvalue weighted by Crippen LogP contribution is 2.33. The molecule has 0 aliphatic heterocycles. The van der Waals surface area contributed by atoms with Crippen LogP contribution in [0.4, 0.5) is 4.39 Å². The lowest BCUT2D eigenvalue weighted by Crippen LogP contribution is -2.52. The van der Waals surface area contributed by atoms with Gasteiger partial charge in [-0.2, -0.15) is 0 Å². The van der Waals surface area contributed by atoms with Crippen molar-refractivity contribution in [3.8, 4) is 0 Å². The number of alkyl halides is 1. The molecule has 0 bridgehead atoms. The molecule has 0 aliphatic carbocycles. The second kappa shape index (κ2) is 4.15. The van der Waals surface area contributed by atoms with Gasteiger partial charge in [0.05, 0.1) is 11.2 Å². The molecular formula is C11H23FO2.